The van der Waals surface area contributed by atoms with Gasteiger partial charge in [0, 0.05) is 17.7 Å². The smallest absolute Gasteiger partial charge is 0.244 e. The van der Waals surface area contributed by atoms with Gasteiger partial charge in [0.25, 0.3) is 0 Å². The van der Waals surface area contributed by atoms with E-state index in [-0.39, 0.29) is 10.7 Å². The Labute approximate surface area is 113 Å². The maximum atomic E-state index is 12.0. The molecule has 0 aliphatic heterocycles. The zero-order chi connectivity index (χ0) is 13.9. The van der Waals surface area contributed by atoms with E-state index in [2.05, 4.69) is 31.0 Å². The van der Waals surface area contributed by atoms with Crippen LogP contribution in [-0.4, -0.2) is 32.4 Å². The molecule has 1 atom stereocenters. The van der Waals surface area contributed by atoms with E-state index >= 15 is 0 Å². The Morgan fingerprint density at radius 2 is 2.17 bits per heavy atom. The van der Waals surface area contributed by atoms with Crippen molar-refractivity contribution in [3.63, 3.8) is 0 Å². The highest BCUT2D eigenvalue weighted by Crippen LogP contribution is 2.20. The maximum absolute atomic E-state index is 12.0. The number of pyridine rings is 1. The van der Waals surface area contributed by atoms with Gasteiger partial charge in [-0.05, 0) is 28.9 Å². The number of sulfonamides is 1. The minimum absolute atomic E-state index is 0.130. The number of hydrogen-bond donors (Lipinski definition) is 3. The van der Waals surface area contributed by atoms with Gasteiger partial charge in [-0.15, -0.1) is 0 Å². The molecule has 1 heterocycles. The molecular weight excluding hydrogens is 324 g/mol. The molecule has 0 aliphatic carbocycles. The van der Waals surface area contributed by atoms with E-state index in [1.807, 2.05) is 0 Å². The van der Waals surface area contributed by atoms with Gasteiger partial charge in [0.05, 0.1) is 6.04 Å². The Balaban J connectivity index is 3.07. The van der Waals surface area contributed by atoms with Crippen molar-refractivity contribution >= 4 is 37.7 Å². The van der Waals surface area contributed by atoms with E-state index in [4.69, 9.17) is 5.73 Å². The quantitative estimate of drug-likeness (QED) is 0.706. The number of hydrogen-bond acceptors (Lipinski definition) is 5. The number of rotatable bonds is 4. The van der Waals surface area contributed by atoms with Crippen LogP contribution < -0.4 is 15.8 Å². The zero-order valence-corrected chi connectivity index (χ0v) is 12.2. The molecule has 1 aromatic heterocycles. The Kier molecular flexibility index (Phi) is 4.65. The molecule has 0 spiro atoms. The third-order valence-corrected chi connectivity index (χ3v) is 4.11. The van der Waals surface area contributed by atoms with Crippen LogP contribution >= 0.6 is 15.9 Å². The minimum atomic E-state index is -3.90. The molecule has 0 aliphatic rings. The molecule has 9 heteroatoms. The first-order valence-corrected chi connectivity index (χ1v) is 7.20. The zero-order valence-electron chi connectivity index (χ0n) is 9.77. The summed E-state index contributed by atoms with van der Waals surface area (Å²) in [6.07, 6.45) is 1.39. The number of carbonyl (C=O) groups excluding carboxylic acids is 1. The summed E-state index contributed by atoms with van der Waals surface area (Å²) >= 11 is 3.11. The molecule has 0 fully saturated rings. The van der Waals surface area contributed by atoms with E-state index in [1.165, 1.54) is 26.2 Å². The van der Waals surface area contributed by atoms with Crippen molar-refractivity contribution in [2.75, 3.05) is 12.8 Å². The van der Waals surface area contributed by atoms with E-state index in [9.17, 15) is 13.2 Å². The molecular formula is C9H13BrN4O3S. The molecule has 1 unspecified atom stereocenters. The number of nitrogens with one attached hydrogen (secondary N) is 2. The Bertz CT molecular complexity index is 561. The van der Waals surface area contributed by atoms with Crippen molar-refractivity contribution in [3.8, 4) is 0 Å². The normalized spacial score (nSPS) is 13.1. The predicted molar refractivity (Wildman–Crippen MR) is 70.2 cm³/mol. The maximum Gasteiger partial charge on any atom is 0.244 e. The summed E-state index contributed by atoms with van der Waals surface area (Å²) in [5.41, 5.74) is 5.51. The molecule has 18 heavy (non-hydrogen) atoms. The summed E-state index contributed by atoms with van der Waals surface area (Å²) in [4.78, 5) is 14.8. The Hall–Kier alpha value is -1.19. The average Bonchev–Trinajstić information content (AvgIpc) is 2.30. The number of nitrogens with two attached hydrogens (primary N) is 1. The summed E-state index contributed by atoms with van der Waals surface area (Å²) in [5.74, 6) is -0.574. The third kappa shape index (κ3) is 3.40. The number of carbonyl (C=O) groups is 1. The molecule has 0 aromatic carbocycles. The summed E-state index contributed by atoms with van der Waals surface area (Å²) in [6.45, 7) is 1.43. The molecule has 4 N–H and O–H groups in total. The molecule has 100 valence electrons. The van der Waals surface area contributed by atoms with Gasteiger partial charge in [-0.1, -0.05) is 0 Å². The number of nitrogens with zero attached hydrogens (tertiary/aromatic N) is 1. The monoisotopic (exact) mass is 336 g/mol. The fourth-order valence-electron chi connectivity index (χ4n) is 1.21. The standard InChI is InChI=1S/C9H13BrN4O3S/c1-5(9(15)12-2)14-18(16,17)7-3-6(10)4-13-8(7)11/h3-5,14H,1-2H3,(H2,11,13)(H,12,15). The van der Waals surface area contributed by atoms with Gasteiger partial charge >= 0.3 is 0 Å². The van der Waals surface area contributed by atoms with Crippen molar-refractivity contribution in [1.29, 1.82) is 0 Å². The van der Waals surface area contributed by atoms with Crippen molar-refractivity contribution in [1.82, 2.24) is 15.0 Å². The lowest BCUT2D eigenvalue weighted by Gasteiger charge is -2.13. The van der Waals surface area contributed by atoms with Gasteiger partial charge in [0.15, 0.2) is 0 Å². The van der Waals surface area contributed by atoms with Crippen molar-refractivity contribution in [2.45, 2.75) is 17.9 Å². The number of halogens is 1. The topological polar surface area (TPSA) is 114 Å². The summed E-state index contributed by atoms with van der Waals surface area (Å²) < 4.78 is 26.7. The molecule has 1 aromatic rings. The minimum Gasteiger partial charge on any atom is -0.383 e. The number of nitrogen functional groups attached to an aromatic ring is 1. The molecule has 0 radical (unpaired) electrons. The first-order chi connectivity index (χ1) is 8.27. The molecule has 7 nitrogen and oxygen atoms in total. The summed E-state index contributed by atoms with van der Waals surface area (Å²) in [6, 6.07) is 0.416. The lowest BCUT2D eigenvalue weighted by molar-refractivity contribution is -0.121. The fraction of sp³-hybridized carbons (Fsp3) is 0.333. The Morgan fingerprint density at radius 1 is 1.56 bits per heavy atom. The largest absolute Gasteiger partial charge is 0.383 e. The van der Waals surface area contributed by atoms with Gasteiger partial charge in [0.2, 0.25) is 15.9 Å². The van der Waals surface area contributed by atoms with Gasteiger partial charge in [-0.25, -0.2) is 13.4 Å². The third-order valence-electron chi connectivity index (χ3n) is 2.11. The fourth-order valence-corrected chi connectivity index (χ4v) is 3.01. The number of amides is 1. The van der Waals surface area contributed by atoms with Crippen LogP contribution in [0.15, 0.2) is 21.6 Å². The molecule has 0 bridgehead atoms. The number of aromatic nitrogens is 1. The van der Waals surface area contributed by atoms with Crippen LogP contribution in [0.2, 0.25) is 0 Å². The molecule has 0 saturated heterocycles. The van der Waals surface area contributed by atoms with Crippen LogP contribution in [-0.2, 0) is 14.8 Å². The summed E-state index contributed by atoms with van der Waals surface area (Å²) in [7, 11) is -2.48. The second kappa shape index (κ2) is 5.63. The van der Waals surface area contributed by atoms with Gasteiger partial charge in [0.1, 0.15) is 10.7 Å². The SMILES string of the molecule is CNC(=O)C(C)NS(=O)(=O)c1cc(Br)cnc1N. The second-order valence-corrected chi connectivity index (χ2v) is 6.09. The van der Waals surface area contributed by atoms with Crippen LogP contribution in [0.1, 0.15) is 6.92 Å². The molecule has 1 amide bonds. The van der Waals surface area contributed by atoms with Crippen LogP contribution in [0.4, 0.5) is 5.82 Å². The van der Waals surface area contributed by atoms with Gasteiger partial charge in [-0.3, -0.25) is 4.79 Å². The predicted octanol–water partition coefficient (Wildman–Crippen LogP) is -0.161. The lowest BCUT2D eigenvalue weighted by atomic mass is 10.3. The van der Waals surface area contributed by atoms with Crippen LogP contribution in [0.3, 0.4) is 0 Å². The average molecular weight is 337 g/mol. The van der Waals surface area contributed by atoms with Gasteiger partial charge in [-0.2, -0.15) is 4.72 Å². The Morgan fingerprint density at radius 3 is 2.72 bits per heavy atom. The van der Waals surface area contributed by atoms with E-state index in [0.717, 1.165) is 0 Å². The van der Waals surface area contributed by atoms with Crippen LogP contribution in [0.25, 0.3) is 0 Å². The first-order valence-electron chi connectivity index (χ1n) is 4.93. The first kappa shape index (κ1) is 14.9. The second-order valence-electron chi connectivity index (χ2n) is 3.49. The van der Waals surface area contributed by atoms with Crippen LogP contribution in [0.5, 0.6) is 0 Å². The molecule has 1 rings (SSSR count). The highest BCUT2D eigenvalue weighted by molar-refractivity contribution is 9.10. The number of anilines is 1. The highest BCUT2D eigenvalue weighted by Gasteiger charge is 2.24. The lowest BCUT2D eigenvalue weighted by Crippen LogP contribution is -2.43. The van der Waals surface area contributed by atoms with E-state index in [1.54, 1.807) is 0 Å². The van der Waals surface area contributed by atoms with Crippen molar-refractivity contribution in [2.24, 2.45) is 0 Å². The highest BCUT2D eigenvalue weighted by atomic mass is 79.9. The summed E-state index contributed by atoms with van der Waals surface area (Å²) in [5, 5.41) is 2.34. The van der Waals surface area contributed by atoms with Crippen molar-refractivity contribution in [3.05, 3.63) is 16.7 Å². The van der Waals surface area contributed by atoms with Crippen LogP contribution in [0, 0.1) is 0 Å². The number of likely N-dealkylation sites (N-methyl/N-ethyl adjacent to an activating group) is 1. The van der Waals surface area contributed by atoms with E-state index in [0.29, 0.717) is 4.47 Å². The molecule has 0 saturated carbocycles. The van der Waals surface area contributed by atoms with Gasteiger partial charge < -0.3 is 11.1 Å². The van der Waals surface area contributed by atoms with E-state index < -0.39 is 22.0 Å². The van der Waals surface area contributed by atoms with Crippen molar-refractivity contribution < 1.29 is 13.2 Å².